The molecule has 0 spiro atoms. The van der Waals surface area contributed by atoms with Gasteiger partial charge >= 0.3 is 36.0 Å². The zero-order chi connectivity index (χ0) is 26.7. The molecular weight excluding hydrogens is 553 g/mol. The molecule has 16 heteroatoms. The summed E-state index contributed by atoms with van der Waals surface area (Å²) in [6.07, 6.45) is -13.8. The molecule has 0 nitrogen and oxygen atoms in total. The molecule has 0 fully saturated rings. The molecular formula is C18H6Cl2F14. The average Bonchev–Trinajstić information content (AvgIpc) is 2.66. The maximum Gasteiger partial charge on any atom is 0.460 e. The summed E-state index contributed by atoms with van der Waals surface area (Å²) in [4.78, 5) is 0. The smallest absolute Gasteiger partial charge is 0.194 e. The summed E-state index contributed by atoms with van der Waals surface area (Å²) in [6, 6.07) is 0.977. The summed E-state index contributed by atoms with van der Waals surface area (Å²) in [6.45, 7) is 0. The van der Waals surface area contributed by atoms with Crippen LogP contribution in [0.2, 0.25) is 10.0 Å². The molecule has 0 aliphatic heterocycles. The summed E-state index contributed by atoms with van der Waals surface area (Å²) in [5.41, 5.74) is -8.08. The van der Waals surface area contributed by atoms with Gasteiger partial charge in [0.2, 0.25) is 0 Å². The highest BCUT2D eigenvalue weighted by Gasteiger charge is 2.75. The van der Waals surface area contributed by atoms with Crippen molar-refractivity contribution in [2.24, 2.45) is 0 Å². The summed E-state index contributed by atoms with van der Waals surface area (Å²) >= 11 is 10.7. The van der Waals surface area contributed by atoms with Crippen LogP contribution in [0.5, 0.6) is 0 Å². The second-order valence-electron chi connectivity index (χ2n) is 6.67. The second-order valence-corrected chi connectivity index (χ2v) is 7.55. The molecule has 0 radical (unpaired) electrons. The number of hydrogen-bond donors (Lipinski definition) is 0. The third-order valence-corrected chi connectivity index (χ3v) is 4.90. The first-order valence-corrected chi connectivity index (χ1v) is 9.01. The van der Waals surface area contributed by atoms with E-state index in [4.69, 9.17) is 23.2 Å². The number of rotatable bonds is 5. The minimum atomic E-state index is -6.90. The van der Waals surface area contributed by atoms with Gasteiger partial charge in [-0.1, -0.05) is 35.3 Å². The van der Waals surface area contributed by atoms with E-state index in [1.165, 1.54) is 0 Å². The number of alkyl halides is 14. The van der Waals surface area contributed by atoms with Gasteiger partial charge in [-0.25, -0.2) is 0 Å². The van der Waals surface area contributed by atoms with Crippen LogP contribution in [0.3, 0.4) is 0 Å². The molecule has 34 heavy (non-hydrogen) atoms. The maximum atomic E-state index is 14.4. The van der Waals surface area contributed by atoms with Gasteiger partial charge < -0.3 is 0 Å². The van der Waals surface area contributed by atoms with E-state index in [9.17, 15) is 61.5 Å². The van der Waals surface area contributed by atoms with Gasteiger partial charge in [-0.2, -0.15) is 61.5 Å². The first-order chi connectivity index (χ1) is 15.0. The molecule has 2 rings (SSSR count). The van der Waals surface area contributed by atoms with Gasteiger partial charge in [0, 0.05) is 21.2 Å². The normalized spacial score (nSPS) is 14.5. The van der Waals surface area contributed by atoms with E-state index >= 15 is 0 Å². The predicted molar refractivity (Wildman–Crippen MR) is 91.7 cm³/mol. The highest BCUT2D eigenvalue weighted by molar-refractivity contribution is 6.31. The van der Waals surface area contributed by atoms with Crippen molar-refractivity contribution in [3.05, 3.63) is 57.6 Å². The molecule has 0 atom stereocenters. The molecule has 0 unspecified atom stereocenters. The Morgan fingerprint density at radius 1 is 0.441 bits per heavy atom. The Kier molecular flexibility index (Phi) is 6.92. The van der Waals surface area contributed by atoms with Crippen molar-refractivity contribution >= 4 is 23.2 Å². The van der Waals surface area contributed by atoms with E-state index < -0.39 is 68.3 Å². The Bertz CT molecular complexity index is 984. The monoisotopic (exact) mass is 558 g/mol. The van der Waals surface area contributed by atoms with Crippen molar-refractivity contribution in [3.8, 4) is 11.1 Å². The topological polar surface area (TPSA) is 0 Å². The molecule has 0 amide bonds. The predicted octanol–water partition coefficient (Wildman–Crippen LogP) is 9.24. The van der Waals surface area contributed by atoms with Gasteiger partial charge in [0.25, 0.3) is 0 Å². The Morgan fingerprint density at radius 3 is 0.941 bits per heavy atom. The summed E-state index contributed by atoms with van der Waals surface area (Å²) in [7, 11) is 0. The molecule has 0 aromatic heterocycles. The van der Waals surface area contributed by atoms with Crippen LogP contribution in [0.25, 0.3) is 11.1 Å². The van der Waals surface area contributed by atoms with Gasteiger partial charge in [0.15, 0.2) is 0 Å². The summed E-state index contributed by atoms with van der Waals surface area (Å²) < 4.78 is 188. The number of benzene rings is 2. The largest absolute Gasteiger partial charge is 0.460 e. The maximum absolute atomic E-state index is 14.4. The lowest BCUT2D eigenvalue weighted by atomic mass is 9.87. The van der Waals surface area contributed by atoms with Crippen LogP contribution in [0.1, 0.15) is 11.1 Å². The van der Waals surface area contributed by atoms with Crippen molar-refractivity contribution in [3.63, 3.8) is 0 Å². The molecule has 2 aromatic rings. The minimum Gasteiger partial charge on any atom is -0.194 e. The van der Waals surface area contributed by atoms with E-state index in [2.05, 4.69) is 0 Å². The minimum absolute atomic E-state index is 0.173. The zero-order valence-electron chi connectivity index (χ0n) is 15.5. The van der Waals surface area contributed by atoms with Crippen LogP contribution < -0.4 is 0 Å². The number of hydrogen-bond acceptors (Lipinski definition) is 0. The van der Waals surface area contributed by atoms with E-state index in [0.29, 0.717) is 12.1 Å². The molecule has 0 aliphatic rings. The van der Waals surface area contributed by atoms with Gasteiger partial charge in [-0.05, 0) is 35.4 Å². The second kappa shape index (κ2) is 8.32. The van der Waals surface area contributed by atoms with Crippen molar-refractivity contribution < 1.29 is 61.5 Å². The van der Waals surface area contributed by atoms with Gasteiger partial charge in [-0.15, -0.1) is 0 Å². The van der Waals surface area contributed by atoms with E-state index in [1.54, 1.807) is 0 Å². The van der Waals surface area contributed by atoms with Crippen molar-refractivity contribution in [2.75, 3.05) is 0 Å². The first kappa shape index (κ1) is 28.3. The van der Waals surface area contributed by atoms with Crippen molar-refractivity contribution in [1.29, 1.82) is 0 Å². The standard InChI is InChI=1S/C18H6Cl2F14/c19-7-1-3-9(11(5-7)13(21,22)15(25,26)17(29,30)31)10-4-2-8(20)6-12(10)14(23,24)16(27,28)18(32,33)34/h1-6H. The number of halogens is 16. The lowest BCUT2D eigenvalue weighted by Gasteiger charge is -2.32. The molecule has 0 N–H and O–H groups in total. The van der Waals surface area contributed by atoms with E-state index in [1.807, 2.05) is 0 Å². The van der Waals surface area contributed by atoms with Crippen molar-refractivity contribution in [1.82, 2.24) is 0 Å². The van der Waals surface area contributed by atoms with Gasteiger partial charge in [0.05, 0.1) is 0 Å². The van der Waals surface area contributed by atoms with Crippen LogP contribution in [-0.4, -0.2) is 24.2 Å². The zero-order valence-corrected chi connectivity index (χ0v) is 17.0. The van der Waals surface area contributed by atoms with Crippen molar-refractivity contribution in [2.45, 2.75) is 36.0 Å². The average molecular weight is 559 g/mol. The van der Waals surface area contributed by atoms with Crippen LogP contribution in [-0.2, 0) is 11.8 Å². The lowest BCUT2D eigenvalue weighted by Crippen LogP contribution is -2.50. The molecule has 0 saturated carbocycles. The van der Waals surface area contributed by atoms with Crippen LogP contribution >= 0.6 is 23.2 Å². The molecule has 190 valence electrons. The summed E-state index contributed by atoms with van der Waals surface area (Å²) in [5.74, 6) is -26.2. The lowest BCUT2D eigenvalue weighted by molar-refractivity contribution is -0.360. The highest BCUT2D eigenvalue weighted by Crippen LogP contribution is 2.57. The Hall–Kier alpha value is -1.96. The third kappa shape index (κ3) is 4.38. The van der Waals surface area contributed by atoms with Crippen LogP contribution in [0, 0.1) is 0 Å². The summed E-state index contributed by atoms with van der Waals surface area (Å²) in [5, 5.41) is -1.83. The molecule has 2 aromatic carbocycles. The molecule has 0 heterocycles. The Balaban J connectivity index is 2.95. The Labute approximate surface area is 190 Å². The van der Waals surface area contributed by atoms with Gasteiger partial charge in [-0.3, -0.25) is 0 Å². The quantitative estimate of drug-likeness (QED) is 0.321. The SMILES string of the molecule is FC(F)(F)C(F)(F)C(F)(F)c1cc(Cl)ccc1-c1ccc(Cl)cc1C(F)(F)C(F)(F)C(F)(F)F. The highest BCUT2D eigenvalue weighted by atomic mass is 35.5. The molecule has 0 bridgehead atoms. The molecule has 0 aliphatic carbocycles. The van der Waals surface area contributed by atoms with E-state index in [-0.39, 0.29) is 24.3 Å². The van der Waals surface area contributed by atoms with Gasteiger partial charge in [0.1, 0.15) is 0 Å². The fraction of sp³-hybridized carbons (Fsp3) is 0.333. The fourth-order valence-corrected chi connectivity index (χ4v) is 3.06. The first-order valence-electron chi connectivity index (χ1n) is 8.25. The molecule has 0 saturated heterocycles. The van der Waals surface area contributed by atoms with Crippen LogP contribution in [0.15, 0.2) is 36.4 Å². The third-order valence-electron chi connectivity index (χ3n) is 4.43. The van der Waals surface area contributed by atoms with E-state index in [0.717, 1.165) is 0 Å². The van der Waals surface area contributed by atoms with Crippen LogP contribution in [0.4, 0.5) is 61.5 Å². The fourth-order valence-electron chi connectivity index (χ4n) is 2.72. The Morgan fingerprint density at radius 2 is 0.706 bits per heavy atom.